The number of fused-ring (bicyclic) bond motifs is 1. The van der Waals surface area contributed by atoms with E-state index in [1.807, 2.05) is 32.9 Å². The molecule has 2 fully saturated rings. The number of ether oxygens (including phenoxy) is 1. The number of carbonyl (C=O) groups is 2. The van der Waals surface area contributed by atoms with E-state index in [1.54, 1.807) is 11.0 Å². The molecule has 0 spiro atoms. The number of halogens is 2. The van der Waals surface area contributed by atoms with Gasteiger partial charge in [0.2, 0.25) is 0 Å². The van der Waals surface area contributed by atoms with E-state index in [9.17, 15) is 9.59 Å². The summed E-state index contributed by atoms with van der Waals surface area (Å²) in [5.74, 6) is 0. The molecule has 3 rings (SSSR count). The molecule has 1 amide bonds. The van der Waals surface area contributed by atoms with Gasteiger partial charge in [-0.1, -0.05) is 29.3 Å². The number of likely N-dealkylation sites (tertiary alicyclic amines) is 1. The number of piperidine rings is 1. The Labute approximate surface area is 152 Å². The monoisotopic (exact) mass is 369 g/mol. The molecule has 1 aliphatic heterocycles. The summed E-state index contributed by atoms with van der Waals surface area (Å²) < 4.78 is 5.44. The van der Waals surface area contributed by atoms with Crippen molar-refractivity contribution < 1.29 is 14.3 Å². The van der Waals surface area contributed by atoms with Gasteiger partial charge in [0.05, 0.1) is 15.5 Å². The molecule has 1 aliphatic carbocycles. The molecule has 1 saturated carbocycles. The summed E-state index contributed by atoms with van der Waals surface area (Å²) in [6.45, 7) is 6.45. The van der Waals surface area contributed by atoms with Gasteiger partial charge in [-0.3, -0.25) is 0 Å². The maximum atomic E-state index is 12.3. The van der Waals surface area contributed by atoms with Crippen LogP contribution in [0.15, 0.2) is 18.2 Å². The number of carbonyl (C=O) groups excluding carboxylic acids is 2. The van der Waals surface area contributed by atoms with Gasteiger partial charge in [0.15, 0.2) is 0 Å². The predicted octanol–water partition coefficient (Wildman–Crippen LogP) is 4.46. The summed E-state index contributed by atoms with van der Waals surface area (Å²) in [5.41, 5.74) is -0.332. The molecule has 1 aromatic rings. The first-order valence-electron chi connectivity index (χ1n) is 8.02. The van der Waals surface area contributed by atoms with Crippen LogP contribution in [0, 0.1) is 5.41 Å². The summed E-state index contributed by atoms with van der Waals surface area (Å²) >= 11 is 12.2. The summed E-state index contributed by atoms with van der Waals surface area (Å²) in [6.07, 6.45) is 2.06. The first kappa shape index (κ1) is 17.6. The molecule has 0 N–H and O–H groups in total. The van der Waals surface area contributed by atoms with Crippen molar-refractivity contribution in [2.45, 2.75) is 44.6 Å². The van der Waals surface area contributed by atoms with Crippen LogP contribution in [0.3, 0.4) is 0 Å². The molecule has 1 aromatic carbocycles. The van der Waals surface area contributed by atoms with E-state index in [0.29, 0.717) is 29.6 Å². The lowest BCUT2D eigenvalue weighted by Crippen LogP contribution is -2.47. The highest BCUT2D eigenvalue weighted by Crippen LogP contribution is 2.68. The summed E-state index contributed by atoms with van der Waals surface area (Å²) in [5, 5.41) is 0.991. The second-order valence-corrected chi connectivity index (χ2v) is 8.63. The smallest absolute Gasteiger partial charge is 0.410 e. The number of hydrogen-bond acceptors (Lipinski definition) is 3. The first-order valence-corrected chi connectivity index (χ1v) is 8.78. The lowest BCUT2D eigenvalue weighted by molar-refractivity contribution is -0.114. The number of rotatable bonds is 2. The van der Waals surface area contributed by atoms with E-state index in [1.165, 1.54) is 0 Å². The number of nitrogens with zero attached hydrogens (tertiary/aromatic N) is 1. The Hall–Kier alpha value is -1.26. The highest BCUT2D eigenvalue weighted by molar-refractivity contribution is 6.42. The van der Waals surface area contributed by atoms with Crippen molar-refractivity contribution in [3.05, 3.63) is 33.8 Å². The lowest BCUT2D eigenvalue weighted by Gasteiger charge is -2.36. The van der Waals surface area contributed by atoms with E-state index >= 15 is 0 Å². The van der Waals surface area contributed by atoms with Crippen molar-refractivity contribution in [1.82, 2.24) is 4.90 Å². The van der Waals surface area contributed by atoms with E-state index < -0.39 is 11.0 Å². The van der Waals surface area contributed by atoms with Crippen LogP contribution in [0.2, 0.25) is 10.0 Å². The average molecular weight is 370 g/mol. The molecule has 1 heterocycles. The second-order valence-electron chi connectivity index (χ2n) is 7.81. The Balaban J connectivity index is 1.83. The Bertz CT molecular complexity index is 700. The standard InChI is InChI=1S/C18H21Cl2NO3/c1-16(2,3)24-15(23)21-7-6-18(9-17(18,10-21)11-22)12-4-5-13(19)14(20)8-12/h4-5,8,11H,6-7,9-10H2,1-3H3. The Morgan fingerprint density at radius 2 is 2.00 bits per heavy atom. The molecule has 0 aromatic heterocycles. The summed E-state index contributed by atoms with van der Waals surface area (Å²) in [4.78, 5) is 25.8. The third-order valence-electron chi connectivity index (χ3n) is 5.08. The van der Waals surface area contributed by atoms with Crippen LogP contribution < -0.4 is 0 Å². The van der Waals surface area contributed by atoms with Gasteiger partial charge in [0.1, 0.15) is 11.9 Å². The van der Waals surface area contributed by atoms with E-state index in [0.717, 1.165) is 18.3 Å². The topological polar surface area (TPSA) is 46.6 Å². The van der Waals surface area contributed by atoms with E-state index in [-0.39, 0.29) is 11.5 Å². The molecule has 24 heavy (non-hydrogen) atoms. The predicted molar refractivity (Wildman–Crippen MR) is 93.7 cm³/mol. The first-order chi connectivity index (χ1) is 11.1. The highest BCUT2D eigenvalue weighted by Gasteiger charge is 2.70. The molecule has 2 unspecified atom stereocenters. The molecular weight excluding hydrogens is 349 g/mol. The van der Waals surface area contributed by atoms with E-state index in [4.69, 9.17) is 27.9 Å². The fourth-order valence-corrected chi connectivity index (χ4v) is 4.08. The number of hydrogen-bond donors (Lipinski definition) is 0. The van der Waals surface area contributed by atoms with Gasteiger partial charge >= 0.3 is 6.09 Å². The summed E-state index contributed by atoms with van der Waals surface area (Å²) in [7, 11) is 0. The Morgan fingerprint density at radius 1 is 1.29 bits per heavy atom. The minimum absolute atomic E-state index is 0.249. The van der Waals surface area contributed by atoms with Crippen LogP contribution in [-0.2, 0) is 14.9 Å². The zero-order chi connectivity index (χ0) is 17.8. The molecule has 2 aliphatic rings. The molecule has 130 valence electrons. The fraction of sp³-hybridized carbons (Fsp3) is 0.556. The van der Waals surface area contributed by atoms with Gasteiger partial charge in [-0.2, -0.15) is 0 Å². The molecule has 0 bridgehead atoms. The zero-order valence-electron chi connectivity index (χ0n) is 14.1. The van der Waals surface area contributed by atoms with E-state index in [2.05, 4.69) is 0 Å². The van der Waals surface area contributed by atoms with Gasteiger partial charge in [-0.15, -0.1) is 0 Å². The number of amides is 1. The Morgan fingerprint density at radius 3 is 2.58 bits per heavy atom. The molecule has 0 radical (unpaired) electrons. The van der Waals surface area contributed by atoms with Crippen molar-refractivity contribution in [2.24, 2.45) is 5.41 Å². The zero-order valence-corrected chi connectivity index (χ0v) is 15.6. The molecule has 6 heteroatoms. The van der Waals surface area contributed by atoms with Crippen LogP contribution in [-0.4, -0.2) is 36.0 Å². The van der Waals surface area contributed by atoms with Crippen LogP contribution in [0.25, 0.3) is 0 Å². The van der Waals surface area contributed by atoms with Gasteiger partial charge in [0.25, 0.3) is 0 Å². The third-order valence-corrected chi connectivity index (χ3v) is 5.82. The second kappa shape index (κ2) is 5.63. The average Bonchev–Trinajstić information content (AvgIpc) is 3.18. The van der Waals surface area contributed by atoms with Crippen molar-refractivity contribution in [3.63, 3.8) is 0 Å². The van der Waals surface area contributed by atoms with Crippen LogP contribution in [0.4, 0.5) is 4.79 Å². The van der Waals surface area contributed by atoms with Crippen molar-refractivity contribution >= 4 is 35.6 Å². The molecule has 2 atom stereocenters. The van der Waals surface area contributed by atoms with Crippen LogP contribution in [0.1, 0.15) is 39.2 Å². The summed E-state index contributed by atoms with van der Waals surface area (Å²) in [6, 6.07) is 5.54. The van der Waals surface area contributed by atoms with Gasteiger partial charge in [-0.25, -0.2) is 4.79 Å². The SMILES string of the molecule is CC(C)(C)OC(=O)N1CCC2(c3ccc(Cl)c(Cl)c3)CC2(C=O)C1. The van der Waals surface area contributed by atoms with Gasteiger partial charge in [0, 0.05) is 18.5 Å². The quantitative estimate of drug-likeness (QED) is 0.722. The van der Waals surface area contributed by atoms with Crippen molar-refractivity contribution in [1.29, 1.82) is 0 Å². The molecule has 4 nitrogen and oxygen atoms in total. The van der Waals surface area contributed by atoms with Crippen molar-refractivity contribution in [2.75, 3.05) is 13.1 Å². The molecule has 1 saturated heterocycles. The van der Waals surface area contributed by atoms with Crippen LogP contribution in [0.5, 0.6) is 0 Å². The fourth-order valence-electron chi connectivity index (χ4n) is 3.79. The van der Waals surface area contributed by atoms with Gasteiger partial charge < -0.3 is 14.4 Å². The normalized spacial score (nSPS) is 29.0. The maximum Gasteiger partial charge on any atom is 0.410 e. The van der Waals surface area contributed by atoms with Crippen LogP contribution >= 0.6 is 23.2 Å². The maximum absolute atomic E-state index is 12.3. The number of aldehydes is 1. The Kier molecular flexibility index (Phi) is 4.12. The minimum atomic E-state index is -0.556. The number of benzene rings is 1. The molecular formula is C18H21Cl2NO3. The third kappa shape index (κ3) is 2.80. The van der Waals surface area contributed by atoms with Gasteiger partial charge in [-0.05, 0) is 51.3 Å². The lowest BCUT2D eigenvalue weighted by atomic mass is 9.81. The highest BCUT2D eigenvalue weighted by atomic mass is 35.5. The van der Waals surface area contributed by atoms with Crippen molar-refractivity contribution in [3.8, 4) is 0 Å². The minimum Gasteiger partial charge on any atom is -0.444 e. The largest absolute Gasteiger partial charge is 0.444 e.